The van der Waals surface area contributed by atoms with Crippen LogP contribution >= 0.6 is 0 Å². The molecule has 0 atom stereocenters. The lowest BCUT2D eigenvalue weighted by atomic mass is 9.78. The molecular weight excluding hydrogens is 480 g/mol. The number of pyridine rings is 1. The van der Waals surface area contributed by atoms with Gasteiger partial charge in [-0.2, -0.15) is 0 Å². The first-order valence-electron chi connectivity index (χ1n) is 12.8. The molecule has 1 amide bonds. The predicted molar refractivity (Wildman–Crippen MR) is 146 cm³/mol. The maximum Gasteiger partial charge on any atom is 0.410 e. The van der Waals surface area contributed by atoms with Gasteiger partial charge in [0.05, 0.1) is 11.1 Å². The van der Waals surface area contributed by atoms with Crippen LogP contribution in [0.1, 0.15) is 27.2 Å². The van der Waals surface area contributed by atoms with Crippen LogP contribution in [0.2, 0.25) is 0 Å². The van der Waals surface area contributed by atoms with Crippen LogP contribution in [0.4, 0.5) is 22.1 Å². The van der Waals surface area contributed by atoms with Gasteiger partial charge in [0, 0.05) is 31.4 Å². The second-order valence-corrected chi connectivity index (χ2v) is 10.8. The van der Waals surface area contributed by atoms with E-state index in [2.05, 4.69) is 20.2 Å². The average molecular weight is 511 g/mol. The maximum atomic E-state index is 12.6. The number of carbonyl (C=O) groups is 1. The van der Waals surface area contributed by atoms with E-state index in [-0.39, 0.29) is 11.6 Å². The summed E-state index contributed by atoms with van der Waals surface area (Å²) in [7, 11) is 0. The van der Waals surface area contributed by atoms with Crippen LogP contribution in [-0.2, 0) is 4.74 Å². The third-order valence-electron chi connectivity index (χ3n) is 6.82. The second-order valence-electron chi connectivity index (χ2n) is 10.8. The van der Waals surface area contributed by atoms with E-state index in [0.717, 1.165) is 48.8 Å². The van der Waals surface area contributed by atoms with Crippen LogP contribution in [0.15, 0.2) is 73.1 Å². The highest BCUT2D eigenvalue weighted by Crippen LogP contribution is 2.42. The monoisotopic (exact) mass is 510 g/mol. The summed E-state index contributed by atoms with van der Waals surface area (Å²) in [6.07, 6.45) is 2.25. The minimum absolute atomic E-state index is 0.174. The van der Waals surface area contributed by atoms with E-state index in [9.17, 15) is 4.79 Å². The highest BCUT2D eigenvalue weighted by Gasteiger charge is 2.56. The van der Waals surface area contributed by atoms with Gasteiger partial charge in [-0.1, -0.05) is 24.3 Å². The molecule has 4 aromatic rings. The van der Waals surface area contributed by atoms with Gasteiger partial charge in [0.25, 0.3) is 0 Å². The Morgan fingerprint density at radius 1 is 0.974 bits per heavy atom. The van der Waals surface area contributed by atoms with E-state index in [1.54, 1.807) is 0 Å². The van der Waals surface area contributed by atoms with Crippen molar-refractivity contribution >= 4 is 34.4 Å². The van der Waals surface area contributed by atoms with E-state index in [0.29, 0.717) is 17.1 Å². The van der Waals surface area contributed by atoms with E-state index in [1.807, 2.05) is 92.4 Å². The largest absolute Gasteiger partial charge is 0.457 e. The van der Waals surface area contributed by atoms with Crippen molar-refractivity contribution in [3.05, 3.63) is 73.1 Å². The summed E-state index contributed by atoms with van der Waals surface area (Å²) in [5, 5.41) is 3.38. The van der Waals surface area contributed by atoms with E-state index < -0.39 is 5.60 Å². The first-order chi connectivity index (χ1) is 18.3. The van der Waals surface area contributed by atoms with Gasteiger partial charge in [-0.15, -0.1) is 0 Å². The topological polar surface area (TPSA) is 92.7 Å². The van der Waals surface area contributed by atoms with Crippen LogP contribution in [0, 0.1) is 0 Å². The van der Waals surface area contributed by atoms with Gasteiger partial charge < -0.3 is 19.7 Å². The van der Waals surface area contributed by atoms with Crippen LogP contribution in [0.3, 0.4) is 0 Å². The molecule has 0 saturated carbocycles. The number of hydrogen-bond donors (Lipinski definition) is 1. The van der Waals surface area contributed by atoms with Gasteiger partial charge in [0.15, 0.2) is 5.82 Å². The quantitative estimate of drug-likeness (QED) is 0.362. The molecule has 0 bridgehead atoms. The van der Waals surface area contributed by atoms with Crippen LogP contribution in [0.25, 0.3) is 11.0 Å². The lowest BCUT2D eigenvalue weighted by Crippen LogP contribution is -2.78. The molecule has 0 aliphatic carbocycles. The summed E-state index contributed by atoms with van der Waals surface area (Å²) < 4.78 is 11.6. The third-order valence-corrected chi connectivity index (χ3v) is 6.82. The zero-order valence-electron chi connectivity index (χ0n) is 21.7. The number of amides is 1. The van der Waals surface area contributed by atoms with Crippen molar-refractivity contribution < 1.29 is 14.3 Å². The molecule has 9 heteroatoms. The van der Waals surface area contributed by atoms with E-state index in [4.69, 9.17) is 14.5 Å². The number of carbonyl (C=O) groups excluding carboxylic acids is 1. The number of nitrogens with zero attached hydrogens (tertiary/aromatic N) is 5. The Balaban J connectivity index is 1.19. The Kier molecular flexibility index (Phi) is 5.78. The molecule has 38 heavy (non-hydrogen) atoms. The summed E-state index contributed by atoms with van der Waals surface area (Å²) in [5.41, 5.74) is 1.58. The van der Waals surface area contributed by atoms with Crippen molar-refractivity contribution in [3.8, 4) is 11.5 Å². The van der Waals surface area contributed by atoms with E-state index >= 15 is 0 Å². The lowest BCUT2D eigenvalue weighted by Gasteiger charge is -2.62. The normalized spacial score (nSPS) is 16.1. The van der Waals surface area contributed by atoms with Crippen molar-refractivity contribution in [2.45, 2.75) is 38.3 Å². The third kappa shape index (κ3) is 4.67. The molecule has 2 aromatic carbocycles. The van der Waals surface area contributed by atoms with Crippen LogP contribution < -0.4 is 15.0 Å². The van der Waals surface area contributed by atoms with Crippen molar-refractivity contribution in [1.29, 1.82) is 0 Å². The Morgan fingerprint density at radius 2 is 1.76 bits per heavy atom. The molecular formula is C29H30N6O3. The number of likely N-dealkylation sites (tertiary alicyclic amines) is 1. The molecule has 2 fully saturated rings. The molecule has 0 radical (unpaired) electrons. The molecule has 6 rings (SSSR count). The number of rotatable bonds is 5. The van der Waals surface area contributed by atoms with Gasteiger partial charge in [0.1, 0.15) is 34.8 Å². The van der Waals surface area contributed by atoms with E-state index in [1.165, 1.54) is 6.33 Å². The fourth-order valence-electron chi connectivity index (χ4n) is 4.89. The summed E-state index contributed by atoms with van der Waals surface area (Å²) in [4.78, 5) is 30.5. The molecule has 2 aliphatic rings. The lowest BCUT2D eigenvalue weighted by molar-refractivity contribution is -0.0562. The fraction of sp³-hybridized carbons (Fsp3) is 0.310. The van der Waals surface area contributed by atoms with Gasteiger partial charge >= 0.3 is 6.09 Å². The average Bonchev–Trinajstić information content (AvgIpc) is 2.83. The highest BCUT2D eigenvalue weighted by molar-refractivity contribution is 5.88. The number of aromatic nitrogens is 3. The highest BCUT2D eigenvalue weighted by atomic mass is 16.6. The zero-order chi connectivity index (χ0) is 26.3. The summed E-state index contributed by atoms with van der Waals surface area (Å²) in [6, 6.07) is 21.3. The number of fused-ring (bicyclic) bond motifs is 1. The SMILES string of the molecule is CC(C)(C)OC(=O)N1CCC12CN(c1ccc3ncnc(Nc4cccc(Oc5ccccc5)c4)c3n1)C2. The van der Waals surface area contributed by atoms with Gasteiger partial charge in [-0.3, -0.25) is 4.90 Å². The van der Waals surface area contributed by atoms with Crippen LogP contribution in [0.5, 0.6) is 11.5 Å². The molecule has 194 valence electrons. The van der Waals surface area contributed by atoms with Crippen molar-refractivity contribution in [2.24, 2.45) is 0 Å². The molecule has 2 aliphatic heterocycles. The zero-order valence-corrected chi connectivity index (χ0v) is 21.7. The minimum Gasteiger partial charge on any atom is -0.457 e. The second kappa shape index (κ2) is 9.16. The number of hydrogen-bond acceptors (Lipinski definition) is 8. The van der Waals surface area contributed by atoms with Gasteiger partial charge in [0.2, 0.25) is 0 Å². The van der Waals surface area contributed by atoms with Gasteiger partial charge in [-0.05, 0) is 63.6 Å². The Morgan fingerprint density at radius 3 is 2.50 bits per heavy atom. The Labute approximate surface area is 221 Å². The number of nitrogens with one attached hydrogen (secondary N) is 1. The van der Waals surface area contributed by atoms with Crippen molar-refractivity contribution in [3.63, 3.8) is 0 Å². The molecule has 4 heterocycles. The standard InChI is InChI=1S/C29H30N6O3/c1-28(2,3)38-27(36)35-15-14-29(35)17-34(18-29)24-13-12-23-25(33-24)26(31-19-30-23)32-20-8-7-11-22(16-20)37-21-9-5-4-6-10-21/h4-13,16,19H,14-15,17-18H2,1-3H3,(H,30,31,32). The molecule has 1 spiro atoms. The molecule has 2 saturated heterocycles. The summed E-state index contributed by atoms with van der Waals surface area (Å²) >= 11 is 0. The summed E-state index contributed by atoms with van der Waals surface area (Å²) in [5.74, 6) is 2.93. The van der Waals surface area contributed by atoms with Gasteiger partial charge in [-0.25, -0.2) is 19.7 Å². The molecule has 2 aromatic heterocycles. The van der Waals surface area contributed by atoms with Crippen molar-refractivity contribution in [2.75, 3.05) is 29.9 Å². The minimum atomic E-state index is -0.506. The molecule has 0 unspecified atom stereocenters. The fourth-order valence-corrected chi connectivity index (χ4v) is 4.89. The summed E-state index contributed by atoms with van der Waals surface area (Å²) in [6.45, 7) is 7.85. The number of ether oxygens (including phenoxy) is 2. The van der Waals surface area contributed by atoms with Crippen molar-refractivity contribution in [1.82, 2.24) is 19.9 Å². The molecule has 9 nitrogen and oxygen atoms in total. The maximum absolute atomic E-state index is 12.6. The first-order valence-corrected chi connectivity index (χ1v) is 12.8. The molecule has 1 N–H and O–H groups in total. The van der Waals surface area contributed by atoms with Crippen LogP contribution in [-0.4, -0.2) is 56.7 Å². The Hall–Kier alpha value is -4.40. The predicted octanol–water partition coefficient (Wildman–Crippen LogP) is 5.76. The number of anilines is 3. The first kappa shape index (κ1) is 24.0. The number of benzene rings is 2. The smallest absolute Gasteiger partial charge is 0.410 e. The Bertz CT molecular complexity index is 1480. The number of para-hydroxylation sites is 1.